The average molecular weight is 268 g/mol. The molecule has 0 bridgehead atoms. The fraction of sp³-hybridized carbons (Fsp3) is 0.857. The van der Waals surface area contributed by atoms with Crippen LogP contribution >= 0.6 is 0 Å². The number of likely N-dealkylation sites (N-methyl/N-ethyl adjacent to an activating group) is 1. The highest BCUT2D eigenvalue weighted by molar-refractivity contribution is 5.86. The first-order chi connectivity index (χ1) is 9.13. The summed E-state index contributed by atoms with van der Waals surface area (Å²) >= 11 is 0. The average Bonchev–Trinajstić information content (AvgIpc) is 2.60. The van der Waals surface area contributed by atoms with Crippen molar-refractivity contribution in [2.75, 3.05) is 33.3 Å². The summed E-state index contributed by atoms with van der Waals surface area (Å²) in [5.74, 6) is 0.0841. The first kappa shape index (κ1) is 14.3. The minimum absolute atomic E-state index is 0.0253. The molecule has 19 heavy (non-hydrogen) atoms. The van der Waals surface area contributed by atoms with Crippen LogP contribution in [0.5, 0.6) is 0 Å². The summed E-state index contributed by atoms with van der Waals surface area (Å²) in [6.45, 7) is 4.45. The molecule has 2 aliphatic heterocycles. The summed E-state index contributed by atoms with van der Waals surface area (Å²) in [6, 6.07) is 0. The smallest absolute Gasteiger partial charge is 0.241 e. The third kappa shape index (κ3) is 3.26. The van der Waals surface area contributed by atoms with Gasteiger partial charge in [-0.15, -0.1) is 0 Å². The Balaban J connectivity index is 2.03. The van der Waals surface area contributed by atoms with E-state index in [1.807, 2.05) is 0 Å². The van der Waals surface area contributed by atoms with Gasteiger partial charge in [-0.3, -0.25) is 9.59 Å². The van der Waals surface area contributed by atoms with Gasteiger partial charge in [0.05, 0.1) is 18.6 Å². The van der Waals surface area contributed by atoms with Crippen molar-refractivity contribution in [3.05, 3.63) is 0 Å². The fourth-order valence-corrected chi connectivity index (χ4v) is 2.93. The summed E-state index contributed by atoms with van der Waals surface area (Å²) < 4.78 is 5.69. The summed E-state index contributed by atoms with van der Waals surface area (Å²) in [5, 5.41) is 0. The van der Waals surface area contributed by atoms with E-state index in [4.69, 9.17) is 4.74 Å². The standard InChI is InChI=1S/C14H24N2O3/c1-3-12-11(6-4-9-19-12)14(18)16-8-5-7-15(2)13(17)10-16/h11-12H,3-10H2,1-2H3/t11-,12+/m0/s1. The minimum atomic E-state index is -0.0602. The van der Waals surface area contributed by atoms with Crippen molar-refractivity contribution in [1.82, 2.24) is 9.80 Å². The normalized spacial score (nSPS) is 29.3. The second kappa shape index (κ2) is 6.37. The van der Waals surface area contributed by atoms with E-state index in [0.717, 1.165) is 38.8 Å². The quantitative estimate of drug-likeness (QED) is 0.747. The molecule has 2 heterocycles. The molecular weight excluding hydrogens is 244 g/mol. The molecule has 108 valence electrons. The van der Waals surface area contributed by atoms with Crippen molar-refractivity contribution in [1.29, 1.82) is 0 Å². The topological polar surface area (TPSA) is 49.9 Å². The summed E-state index contributed by atoms with van der Waals surface area (Å²) in [6.07, 6.45) is 3.57. The van der Waals surface area contributed by atoms with Crippen LogP contribution in [-0.4, -0.2) is 61.0 Å². The third-order valence-electron chi connectivity index (χ3n) is 4.14. The van der Waals surface area contributed by atoms with Crippen LogP contribution in [0.25, 0.3) is 0 Å². The molecule has 0 radical (unpaired) electrons. The van der Waals surface area contributed by atoms with Crippen molar-refractivity contribution < 1.29 is 14.3 Å². The molecule has 0 aromatic heterocycles. The number of ether oxygens (including phenoxy) is 1. The van der Waals surface area contributed by atoms with Crippen LogP contribution in [-0.2, 0) is 14.3 Å². The van der Waals surface area contributed by atoms with Crippen molar-refractivity contribution in [3.8, 4) is 0 Å². The van der Waals surface area contributed by atoms with Crippen molar-refractivity contribution in [2.24, 2.45) is 5.92 Å². The number of hydrogen-bond donors (Lipinski definition) is 0. The van der Waals surface area contributed by atoms with E-state index in [1.54, 1.807) is 16.8 Å². The Labute approximate surface area is 114 Å². The molecule has 0 aromatic rings. The maximum atomic E-state index is 12.6. The Morgan fingerprint density at radius 1 is 1.37 bits per heavy atom. The molecule has 2 saturated heterocycles. The Morgan fingerprint density at radius 3 is 2.89 bits per heavy atom. The Hall–Kier alpha value is -1.10. The third-order valence-corrected chi connectivity index (χ3v) is 4.14. The maximum absolute atomic E-state index is 12.6. The minimum Gasteiger partial charge on any atom is -0.377 e. The Morgan fingerprint density at radius 2 is 2.16 bits per heavy atom. The van der Waals surface area contributed by atoms with Gasteiger partial charge >= 0.3 is 0 Å². The molecule has 0 saturated carbocycles. The summed E-state index contributed by atoms with van der Waals surface area (Å²) in [4.78, 5) is 27.9. The second-order valence-corrected chi connectivity index (χ2v) is 5.49. The van der Waals surface area contributed by atoms with E-state index >= 15 is 0 Å². The maximum Gasteiger partial charge on any atom is 0.241 e. The highest BCUT2D eigenvalue weighted by Gasteiger charge is 2.35. The molecule has 5 nitrogen and oxygen atoms in total. The van der Waals surface area contributed by atoms with E-state index < -0.39 is 0 Å². The Kier molecular flexibility index (Phi) is 4.80. The van der Waals surface area contributed by atoms with Crippen LogP contribution in [0.2, 0.25) is 0 Å². The molecule has 0 N–H and O–H groups in total. The van der Waals surface area contributed by atoms with Crippen LogP contribution in [0.4, 0.5) is 0 Å². The van der Waals surface area contributed by atoms with Gasteiger partial charge < -0.3 is 14.5 Å². The zero-order valence-corrected chi connectivity index (χ0v) is 11.9. The van der Waals surface area contributed by atoms with Crippen LogP contribution < -0.4 is 0 Å². The van der Waals surface area contributed by atoms with Gasteiger partial charge in [0.15, 0.2) is 0 Å². The number of amides is 2. The van der Waals surface area contributed by atoms with E-state index in [9.17, 15) is 9.59 Å². The first-order valence-corrected chi connectivity index (χ1v) is 7.27. The molecule has 2 amide bonds. The molecule has 2 atom stereocenters. The zero-order chi connectivity index (χ0) is 13.8. The number of nitrogens with zero attached hydrogens (tertiary/aromatic N) is 2. The van der Waals surface area contributed by atoms with E-state index in [0.29, 0.717) is 6.54 Å². The van der Waals surface area contributed by atoms with Crippen LogP contribution in [0.15, 0.2) is 0 Å². The van der Waals surface area contributed by atoms with E-state index in [2.05, 4.69) is 6.92 Å². The van der Waals surface area contributed by atoms with Crippen molar-refractivity contribution in [3.63, 3.8) is 0 Å². The largest absolute Gasteiger partial charge is 0.377 e. The fourth-order valence-electron chi connectivity index (χ4n) is 2.93. The molecule has 2 rings (SSSR count). The monoisotopic (exact) mass is 268 g/mol. The molecule has 2 aliphatic rings. The first-order valence-electron chi connectivity index (χ1n) is 7.27. The number of rotatable bonds is 2. The SMILES string of the molecule is CC[C@H]1OCCC[C@@H]1C(=O)N1CCCN(C)C(=O)C1. The Bertz CT molecular complexity index is 346. The lowest BCUT2D eigenvalue weighted by Crippen LogP contribution is -2.46. The molecular formula is C14H24N2O3. The van der Waals surface area contributed by atoms with Crippen LogP contribution in [0.1, 0.15) is 32.6 Å². The van der Waals surface area contributed by atoms with Crippen molar-refractivity contribution >= 4 is 11.8 Å². The molecule has 0 aromatic carbocycles. The highest BCUT2D eigenvalue weighted by atomic mass is 16.5. The van der Waals surface area contributed by atoms with Gasteiger partial charge in [-0.05, 0) is 25.7 Å². The highest BCUT2D eigenvalue weighted by Crippen LogP contribution is 2.25. The molecule has 0 unspecified atom stereocenters. The molecule has 2 fully saturated rings. The molecule has 0 aliphatic carbocycles. The molecule has 5 heteroatoms. The van der Waals surface area contributed by atoms with Gasteiger partial charge in [0.2, 0.25) is 11.8 Å². The van der Waals surface area contributed by atoms with Gasteiger partial charge in [-0.2, -0.15) is 0 Å². The number of carbonyl (C=O) groups is 2. The lowest BCUT2D eigenvalue weighted by Gasteiger charge is -2.33. The van der Waals surface area contributed by atoms with Crippen LogP contribution in [0, 0.1) is 5.92 Å². The van der Waals surface area contributed by atoms with Gasteiger partial charge in [-0.25, -0.2) is 0 Å². The summed E-state index contributed by atoms with van der Waals surface area (Å²) in [5.41, 5.74) is 0. The van der Waals surface area contributed by atoms with E-state index in [1.165, 1.54) is 0 Å². The lowest BCUT2D eigenvalue weighted by atomic mass is 9.91. The number of carbonyl (C=O) groups excluding carboxylic acids is 2. The number of hydrogen-bond acceptors (Lipinski definition) is 3. The van der Waals surface area contributed by atoms with Crippen molar-refractivity contribution in [2.45, 2.75) is 38.7 Å². The second-order valence-electron chi connectivity index (χ2n) is 5.49. The predicted molar refractivity (Wildman–Crippen MR) is 71.6 cm³/mol. The van der Waals surface area contributed by atoms with Gasteiger partial charge in [0, 0.05) is 26.7 Å². The van der Waals surface area contributed by atoms with E-state index in [-0.39, 0.29) is 30.4 Å². The molecule has 0 spiro atoms. The predicted octanol–water partition coefficient (Wildman–Crippen LogP) is 0.882. The van der Waals surface area contributed by atoms with Crippen LogP contribution in [0.3, 0.4) is 0 Å². The lowest BCUT2D eigenvalue weighted by molar-refractivity contribution is -0.148. The van der Waals surface area contributed by atoms with Gasteiger partial charge in [0.25, 0.3) is 0 Å². The summed E-state index contributed by atoms with van der Waals surface area (Å²) in [7, 11) is 1.80. The van der Waals surface area contributed by atoms with Gasteiger partial charge in [-0.1, -0.05) is 6.92 Å². The zero-order valence-electron chi connectivity index (χ0n) is 11.9. The van der Waals surface area contributed by atoms with Gasteiger partial charge in [0.1, 0.15) is 0 Å².